The minimum atomic E-state index is -1.10. The molecule has 0 amide bonds. The van der Waals surface area contributed by atoms with Crippen molar-refractivity contribution >= 4 is 23.0 Å². The predicted molar refractivity (Wildman–Crippen MR) is 127 cm³/mol. The van der Waals surface area contributed by atoms with Gasteiger partial charge < -0.3 is 5.73 Å². The number of nitrogens with zero attached hydrogens (tertiary/aromatic N) is 5. The average molecular weight is 454 g/mol. The van der Waals surface area contributed by atoms with Gasteiger partial charge in [0.15, 0.2) is 11.5 Å². The maximum atomic E-state index is 13.8. The summed E-state index contributed by atoms with van der Waals surface area (Å²) in [5, 5.41) is 0. The molecule has 6 heterocycles. The summed E-state index contributed by atoms with van der Waals surface area (Å²) in [5.41, 5.74) is 8.78. The smallest absolute Gasteiger partial charge is 0.267 e. The van der Waals surface area contributed by atoms with Crippen LogP contribution in [-0.2, 0) is 10.4 Å². The lowest BCUT2D eigenvalue weighted by Crippen LogP contribution is -2.54. The van der Waals surface area contributed by atoms with Crippen molar-refractivity contribution in [3.05, 3.63) is 108 Å². The van der Waals surface area contributed by atoms with Crippen LogP contribution >= 0.6 is 0 Å². The van der Waals surface area contributed by atoms with Crippen molar-refractivity contribution in [3.63, 3.8) is 0 Å². The molecule has 1 aromatic carbocycles. The number of halogens is 1. The predicted octanol–water partition coefficient (Wildman–Crippen LogP) is 4.32. The lowest BCUT2D eigenvalue weighted by molar-refractivity contribution is -0.162. The van der Waals surface area contributed by atoms with E-state index in [1.165, 1.54) is 12.1 Å². The number of benzene rings is 1. The van der Waals surface area contributed by atoms with E-state index in [4.69, 9.17) is 20.5 Å². The average Bonchev–Trinajstić information content (AvgIpc) is 3.07. The van der Waals surface area contributed by atoms with Crippen LogP contribution in [0, 0.1) is 5.82 Å². The molecule has 2 N–H and O–H groups in total. The number of pyridine rings is 3. The molecule has 0 spiro atoms. The van der Waals surface area contributed by atoms with E-state index < -0.39 is 5.60 Å². The monoisotopic (exact) mass is 453 g/mol. The summed E-state index contributed by atoms with van der Waals surface area (Å²) in [6.07, 6.45) is 7.69. The molecule has 4 bridgehead atoms. The molecule has 3 aliphatic heterocycles. The molecule has 0 fully saturated rings. The number of hydroxylamine groups is 1. The van der Waals surface area contributed by atoms with Crippen LogP contribution in [0.25, 0.3) is 0 Å². The fourth-order valence-electron chi connectivity index (χ4n) is 4.85. The number of nitrogens with two attached hydrogens (primary N) is 1. The summed E-state index contributed by atoms with van der Waals surface area (Å²) in [5.74, 6) is 0.981. The lowest BCUT2D eigenvalue weighted by atomic mass is 9.82. The first-order valence-electron chi connectivity index (χ1n) is 11.1. The maximum Gasteiger partial charge on any atom is 0.267 e. The van der Waals surface area contributed by atoms with Crippen LogP contribution < -0.4 is 10.4 Å². The Bertz CT molecular complexity index is 1380. The zero-order valence-electron chi connectivity index (χ0n) is 18.3. The van der Waals surface area contributed by atoms with Crippen LogP contribution in [0.3, 0.4) is 0 Å². The highest BCUT2D eigenvalue weighted by atomic mass is 19.1. The van der Waals surface area contributed by atoms with Gasteiger partial charge in [-0.1, -0.05) is 16.8 Å². The molecule has 0 saturated heterocycles. The molecule has 2 unspecified atom stereocenters. The number of rotatable bonds is 6. The molecule has 0 radical (unpaired) electrons. The van der Waals surface area contributed by atoms with Crippen LogP contribution in [0.5, 0.6) is 0 Å². The summed E-state index contributed by atoms with van der Waals surface area (Å²) in [4.78, 5) is 25.7. The summed E-state index contributed by atoms with van der Waals surface area (Å²) in [6, 6.07) is 18.0. The molecule has 2 atom stereocenters. The van der Waals surface area contributed by atoms with Crippen molar-refractivity contribution in [2.45, 2.75) is 12.0 Å². The number of aromatic nitrogens is 3. The van der Waals surface area contributed by atoms with Crippen molar-refractivity contribution in [2.75, 3.05) is 13.1 Å². The molecule has 7 rings (SSSR count). The first kappa shape index (κ1) is 20.7. The Kier molecular flexibility index (Phi) is 4.80. The molecule has 7 nitrogen and oxygen atoms in total. The SMILES string of the molecule is NCCC[N+]1(c2cccnc2)OC2(c3ccncc3)C(c3ccc(F)cc3)=Nc3nc1ccc32. The van der Waals surface area contributed by atoms with Gasteiger partial charge in [-0.05, 0) is 42.9 Å². The van der Waals surface area contributed by atoms with Gasteiger partial charge in [0.05, 0.1) is 11.9 Å². The van der Waals surface area contributed by atoms with E-state index >= 15 is 0 Å². The zero-order chi connectivity index (χ0) is 23.2. The third kappa shape index (κ3) is 2.93. The van der Waals surface area contributed by atoms with Gasteiger partial charge in [0.1, 0.15) is 12.4 Å². The maximum absolute atomic E-state index is 13.8. The van der Waals surface area contributed by atoms with E-state index in [2.05, 4.69) is 9.97 Å². The highest BCUT2D eigenvalue weighted by Crippen LogP contribution is 2.54. The van der Waals surface area contributed by atoms with Gasteiger partial charge in [-0.25, -0.2) is 9.38 Å². The van der Waals surface area contributed by atoms with Crippen molar-refractivity contribution in [2.24, 2.45) is 10.7 Å². The van der Waals surface area contributed by atoms with Crippen LogP contribution in [0.15, 0.2) is 90.4 Å². The lowest BCUT2D eigenvalue weighted by Gasteiger charge is -2.39. The van der Waals surface area contributed by atoms with Gasteiger partial charge in [0.2, 0.25) is 5.60 Å². The van der Waals surface area contributed by atoms with Gasteiger partial charge in [0.25, 0.3) is 5.82 Å². The molecule has 4 aromatic rings. The third-order valence-electron chi connectivity index (χ3n) is 6.40. The summed E-state index contributed by atoms with van der Waals surface area (Å²) < 4.78 is 13.8. The Hall–Kier alpha value is -3.85. The summed E-state index contributed by atoms with van der Waals surface area (Å²) >= 11 is 0. The van der Waals surface area contributed by atoms with Crippen molar-refractivity contribution in [1.29, 1.82) is 0 Å². The van der Waals surface area contributed by atoms with Gasteiger partial charge in [0, 0.05) is 53.8 Å². The van der Waals surface area contributed by atoms with Gasteiger partial charge in [-0.15, -0.1) is 0 Å². The molecule has 0 saturated carbocycles. The first-order chi connectivity index (χ1) is 16.7. The Morgan fingerprint density at radius 2 is 1.76 bits per heavy atom. The topological polar surface area (TPSA) is 86.3 Å². The second kappa shape index (κ2) is 7.88. The van der Waals surface area contributed by atoms with E-state index in [0.717, 1.165) is 22.4 Å². The Balaban J connectivity index is 1.66. The standard InChI is InChI=1S/C26H22FN6O/c27-20-6-4-18(5-7-20)24-26(19-10-14-29-15-11-19)22-8-9-23(31-25(22)32-24)33(34-26,16-2-12-28)21-3-1-13-30-17-21/h1,3-11,13-15,17H,2,12,16,28H2/q+1. The highest BCUT2D eigenvalue weighted by Gasteiger charge is 2.59. The molecule has 34 heavy (non-hydrogen) atoms. The number of hydrogen-bond donors (Lipinski definition) is 1. The molecular weight excluding hydrogens is 431 g/mol. The second-order valence-electron chi connectivity index (χ2n) is 8.33. The molecule has 3 aromatic heterocycles. The summed E-state index contributed by atoms with van der Waals surface area (Å²) in [7, 11) is 0. The normalized spacial score (nSPS) is 22.5. The van der Waals surface area contributed by atoms with Crippen LogP contribution in [0.1, 0.15) is 23.1 Å². The Labute approximate surface area is 196 Å². The van der Waals surface area contributed by atoms with E-state index in [-0.39, 0.29) is 10.5 Å². The van der Waals surface area contributed by atoms with Gasteiger partial charge in [-0.2, -0.15) is 9.82 Å². The van der Waals surface area contributed by atoms with E-state index in [1.807, 2.05) is 36.4 Å². The van der Waals surface area contributed by atoms with Crippen LogP contribution in [0.4, 0.5) is 21.7 Å². The van der Waals surface area contributed by atoms with Crippen molar-refractivity contribution in [3.8, 4) is 0 Å². The molecule has 168 valence electrons. The summed E-state index contributed by atoms with van der Waals surface area (Å²) in [6.45, 7) is 1.05. The zero-order valence-corrected chi connectivity index (χ0v) is 18.3. The van der Waals surface area contributed by atoms with E-state index in [1.54, 1.807) is 36.9 Å². The molecule has 0 aliphatic carbocycles. The Morgan fingerprint density at radius 3 is 2.50 bits per heavy atom. The van der Waals surface area contributed by atoms with Crippen molar-refractivity contribution < 1.29 is 9.23 Å². The largest absolute Gasteiger partial charge is 0.330 e. The minimum absolute atomic E-state index is 0.00290. The van der Waals surface area contributed by atoms with Crippen LogP contribution in [-0.4, -0.2) is 33.8 Å². The molecule has 8 heteroatoms. The number of aliphatic imine (C=N–C) groups is 1. The number of fused-ring (bicyclic) bond motifs is 2. The Morgan fingerprint density at radius 1 is 0.941 bits per heavy atom. The van der Waals surface area contributed by atoms with E-state index in [0.29, 0.717) is 36.9 Å². The van der Waals surface area contributed by atoms with E-state index in [9.17, 15) is 4.39 Å². The number of hydrogen-bond acceptors (Lipinski definition) is 6. The van der Waals surface area contributed by atoms with Crippen molar-refractivity contribution in [1.82, 2.24) is 19.6 Å². The fraction of sp³-hybridized carbons (Fsp3) is 0.154. The molecule has 3 aliphatic rings. The van der Waals surface area contributed by atoms with Gasteiger partial charge in [-0.3, -0.25) is 9.97 Å². The third-order valence-corrected chi connectivity index (χ3v) is 6.40. The second-order valence-corrected chi connectivity index (χ2v) is 8.33. The van der Waals surface area contributed by atoms with Crippen LogP contribution in [0.2, 0.25) is 0 Å². The fourth-order valence-corrected chi connectivity index (χ4v) is 4.85. The highest BCUT2D eigenvalue weighted by molar-refractivity contribution is 6.13. The quantitative estimate of drug-likeness (QED) is 0.440. The van der Waals surface area contributed by atoms with Gasteiger partial charge >= 0.3 is 0 Å². The number of quaternary nitrogens is 1. The minimum Gasteiger partial charge on any atom is -0.330 e. The first-order valence-corrected chi connectivity index (χ1v) is 11.1. The molecular formula is C26H22FN6O+.